The van der Waals surface area contributed by atoms with Gasteiger partial charge in [-0.2, -0.15) is 0 Å². The summed E-state index contributed by atoms with van der Waals surface area (Å²) >= 11 is 0. The summed E-state index contributed by atoms with van der Waals surface area (Å²) in [6.45, 7) is 1.88. The average Bonchev–Trinajstić information content (AvgIpc) is 2.48. The molecule has 5 heteroatoms. The van der Waals surface area contributed by atoms with Gasteiger partial charge in [0.05, 0.1) is 14.2 Å². The highest BCUT2D eigenvalue weighted by atomic mass is 16.5. The molecule has 0 saturated carbocycles. The Morgan fingerprint density at radius 3 is 2.30 bits per heavy atom. The third-order valence-corrected chi connectivity index (χ3v) is 2.90. The molecule has 2 aromatic rings. The number of aryl methyl sites for hydroxylation is 1. The van der Waals surface area contributed by atoms with Crippen LogP contribution in [0.4, 0.5) is 5.82 Å². The van der Waals surface area contributed by atoms with Gasteiger partial charge < -0.3 is 14.8 Å². The van der Waals surface area contributed by atoms with Crippen molar-refractivity contribution in [1.29, 1.82) is 0 Å². The fraction of sp³-hybridized carbons (Fsp3) is 0.200. The van der Waals surface area contributed by atoms with Gasteiger partial charge in [0.15, 0.2) is 0 Å². The summed E-state index contributed by atoms with van der Waals surface area (Å²) in [4.78, 5) is 16.6. The molecule has 104 valence electrons. The van der Waals surface area contributed by atoms with E-state index in [9.17, 15) is 4.79 Å². The number of carbonyl (C=O) groups is 1. The highest BCUT2D eigenvalue weighted by molar-refractivity contribution is 6.08. The SMILES string of the molecule is COc1cccc(OC)c1C(=O)Nc1ncccc1C. The summed E-state index contributed by atoms with van der Waals surface area (Å²) in [7, 11) is 3.02. The normalized spacial score (nSPS) is 9.95. The molecule has 20 heavy (non-hydrogen) atoms. The van der Waals surface area contributed by atoms with Crippen molar-refractivity contribution in [2.45, 2.75) is 6.92 Å². The molecule has 0 aliphatic heterocycles. The smallest absolute Gasteiger partial charge is 0.264 e. The maximum atomic E-state index is 12.4. The number of hydrogen-bond acceptors (Lipinski definition) is 4. The molecule has 2 rings (SSSR count). The van der Waals surface area contributed by atoms with Gasteiger partial charge in [0, 0.05) is 6.20 Å². The van der Waals surface area contributed by atoms with Gasteiger partial charge in [-0.3, -0.25) is 4.79 Å². The highest BCUT2D eigenvalue weighted by Gasteiger charge is 2.19. The third kappa shape index (κ3) is 2.71. The van der Waals surface area contributed by atoms with E-state index in [2.05, 4.69) is 10.3 Å². The predicted molar refractivity (Wildman–Crippen MR) is 76.5 cm³/mol. The topological polar surface area (TPSA) is 60.5 Å². The molecular weight excluding hydrogens is 256 g/mol. The van der Waals surface area contributed by atoms with E-state index in [0.717, 1.165) is 5.56 Å². The second-order valence-electron chi connectivity index (χ2n) is 4.16. The van der Waals surface area contributed by atoms with Crippen molar-refractivity contribution in [2.75, 3.05) is 19.5 Å². The van der Waals surface area contributed by atoms with Gasteiger partial charge in [0.25, 0.3) is 5.91 Å². The van der Waals surface area contributed by atoms with Crippen molar-refractivity contribution in [3.8, 4) is 11.5 Å². The van der Waals surface area contributed by atoms with Gasteiger partial charge in [0.2, 0.25) is 0 Å². The third-order valence-electron chi connectivity index (χ3n) is 2.90. The summed E-state index contributed by atoms with van der Waals surface area (Å²) < 4.78 is 10.4. The zero-order valence-corrected chi connectivity index (χ0v) is 11.6. The Hall–Kier alpha value is -2.56. The lowest BCUT2D eigenvalue weighted by Gasteiger charge is -2.13. The van der Waals surface area contributed by atoms with E-state index in [4.69, 9.17) is 9.47 Å². The van der Waals surface area contributed by atoms with E-state index in [-0.39, 0.29) is 5.91 Å². The minimum atomic E-state index is -0.318. The number of nitrogens with one attached hydrogen (secondary N) is 1. The second kappa shape index (κ2) is 6.06. The Kier molecular flexibility index (Phi) is 4.20. The number of pyridine rings is 1. The maximum absolute atomic E-state index is 12.4. The molecule has 1 heterocycles. The number of benzene rings is 1. The lowest BCUT2D eigenvalue weighted by molar-refractivity contribution is 0.102. The lowest BCUT2D eigenvalue weighted by Crippen LogP contribution is -2.16. The lowest BCUT2D eigenvalue weighted by atomic mass is 10.1. The van der Waals surface area contributed by atoms with Crippen molar-refractivity contribution >= 4 is 11.7 Å². The zero-order chi connectivity index (χ0) is 14.5. The van der Waals surface area contributed by atoms with Gasteiger partial charge in [0.1, 0.15) is 22.9 Å². The summed E-state index contributed by atoms with van der Waals surface area (Å²) in [5.41, 5.74) is 1.23. The Morgan fingerprint density at radius 2 is 1.75 bits per heavy atom. The van der Waals surface area contributed by atoms with E-state index in [1.807, 2.05) is 19.1 Å². The minimum absolute atomic E-state index is 0.318. The quantitative estimate of drug-likeness (QED) is 0.929. The van der Waals surface area contributed by atoms with Crippen LogP contribution in [0.15, 0.2) is 36.5 Å². The first-order chi connectivity index (χ1) is 9.67. The minimum Gasteiger partial charge on any atom is -0.496 e. The summed E-state index contributed by atoms with van der Waals surface area (Å²) in [5.74, 6) is 1.11. The number of nitrogens with zero attached hydrogens (tertiary/aromatic N) is 1. The van der Waals surface area contributed by atoms with Gasteiger partial charge in [-0.05, 0) is 30.7 Å². The van der Waals surface area contributed by atoms with Crippen LogP contribution >= 0.6 is 0 Å². The van der Waals surface area contributed by atoms with Crippen LogP contribution < -0.4 is 14.8 Å². The van der Waals surface area contributed by atoms with E-state index in [1.54, 1.807) is 24.4 Å². The molecular formula is C15H16N2O3. The number of methoxy groups -OCH3 is 2. The second-order valence-corrected chi connectivity index (χ2v) is 4.16. The average molecular weight is 272 g/mol. The van der Waals surface area contributed by atoms with Gasteiger partial charge >= 0.3 is 0 Å². The van der Waals surface area contributed by atoms with Crippen molar-refractivity contribution in [3.05, 3.63) is 47.7 Å². The molecule has 0 aliphatic rings. The molecule has 0 fully saturated rings. The first kappa shape index (κ1) is 13.9. The fourth-order valence-corrected chi connectivity index (χ4v) is 1.86. The predicted octanol–water partition coefficient (Wildman–Crippen LogP) is 2.66. The molecule has 0 spiro atoms. The van der Waals surface area contributed by atoms with E-state index < -0.39 is 0 Å². The van der Waals surface area contributed by atoms with Crippen LogP contribution in [0.5, 0.6) is 11.5 Å². The number of aromatic nitrogens is 1. The Labute approximate surface area is 117 Å². The van der Waals surface area contributed by atoms with E-state index >= 15 is 0 Å². The first-order valence-corrected chi connectivity index (χ1v) is 6.11. The van der Waals surface area contributed by atoms with E-state index in [1.165, 1.54) is 14.2 Å². The number of rotatable bonds is 4. The number of carbonyl (C=O) groups excluding carboxylic acids is 1. The molecule has 0 bridgehead atoms. The van der Waals surface area contributed by atoms with Crippen LogP contribution in [0.1, 0.15) is 15.9 Å². The van der Waals surface area contributed by atoms with Gasteiger partial charge in [-0.15, -0.1) is 0 Å². The Morgan fingerprint density at radius 1 is 1.10 bits per heavy atom. The molecule has 0 radical (unpaired) electrons. The van der Waals surface area contributed by atoms with Crippen LogP contribution in [0.25, 0.3) is 0 Å². The molecule has 1 aromatic carbocycles. The molecule has 0 atom stereocenters. The van der Waals surface area contributed by atoms with Crippen molar-refractivity contribution in [1.82, 2.24) is 4.98 Å². The van der Waals surface area contributed by atoms with Crippen LogP contribution in [-0.4, -0.2) is 25.1 Å². The van der Waals surface area contributed by atoms with Crippen molar-refractivity contribution in [2.24, 2.45) is 0 Å². The first-order valence-electron chi connectivity index (χ1n) is 6.11. The summed E-state index contributed by atoms with van der Waals surface area (Å²) in [6.07, 6.45) is 1.63. The molecule has 0 unspecified atom stereocenters. The van der Waals surface area contributed by atoms with Crippen LogP contribution in [0.2, 0.25) is 0 Å². The molecule has 1 amide bonds. The summed E-state index contributed by atoms with van der Waals surface area (Å²) in [6, 6.07) is 8.88. The van der Waals surface area contributed by atoms with Gasteiger partial charge in [-0.25, -0.2) is 4.98 Å². The zero-order valence-electron chi connectivity index (χ0n) is 11.6. The molecule has 5 nitrogen and oxygen atoms in total. The number of ether oxygens (including phenoxy) is 2. The van der Waals surface area contributed by atoms with Crippen LogP contribution in [0.3, 0.4) is 0 Å². The highest BCUT2D eigenvalue weighted by Crippen LogP contribution is 2.29. The Bertz CT molecular complexity index is 604. The van der Waals surface area contributed by atoms with Gasteiger partial charge in [-0.1, -0.05) is 12.1 Å². The fourth-order valence-electron chi connectivity index (χ4n) is 1.86. The largest absolute Gasteiger partial charge is 0.496 e. The standard InChI is InChI=1S/C15H16N2O3/c1-10-6-5-9-16-14(10)17-15(18)13-11(19-2)7-4-8-12(13)20-3/h4-9H,1-3H3,(H,16,17,18). The van der Waals surface area contributed by atoms with Crippen molar-refractivity contribution in [3.63, 3.8) is 0 Å². The number of amides is 1. The van der Waals surface area contributed by atoms with Crippen LogP contribution in [0, 0.1) is 6.92 Å². The maximum Gasteiger partial charge on any atom is 0.264 e. The molecule has 0 saturated heterocycles. The Balaban J connectivity index is 2.36. The van der Waals surface area contributed by atoms with E-state index in [0.29, 0.717) is 22.9 Å². The van der Waals surface area contributed by atoms with Crippen molar-refractivity contribution < 1.29 is 14.3 Å². The number of hydrogen-bond donors (Lipinski definition) is 1. The molecule has 0 aliphatic carbocycles. The molecule has 1 aromatic heterocycles. The van der Waals surface area contributed by atoms with Crippen LogP contribution in [-0.2, 0) is 0 Å². The number of anilines is 1. The molecule has 1 N–H and O–H groups in total. The summed E-state index contributed by atoms with van der Waals surface area (Å²) in [5, 5.41) is 2.77. The monoisotopic (exact) mass is 272 g/mol.